The van der Waals surface area contributed by atoms with Crippen LogP contribution in [0.25, 0.3) is 11.3 Å². The lowest BCUT2D eigenvalue weighted by molar-refractivity contribution is 0.397. The van der Waals surface area contributed by atoms with Gasteiger partial charge in [0.2, 0.25) is 0 Å². The number of halogens is 3. The van der Waals surface area contributed by atoms with Gasteiger partial charge in [-0.2, -0.15) is 0 Å². The molecule has 2 aromatic rings. The Balaban J connectivity index is 0.00000312. The van der Waals surface area contributed by atoms with Crippen molar-refractivity contribution in [3.05, 3.63) is 33.9 Å². The molecule has 1 heterocycles. The van der Waals surface area contributed by atoms with E-state index >= 15 is 0 Å². The van der Waals surface area contributed by atoms with Crippen LogP contribution in [0.3, 0.4) is 0 Å². The van der Waals surface area contributed by atoms with E-state index in [9.17, 15) is 0 Å². The Morgan fingerprint density at radius 2 is 1.80 bits per heavy atom. The molecule has 0 aliphatic heterocycles. The first-order chi connectivity index (χ1) is 11.5. The molecule has 0 radical (unpaired) electrons. The Kier molecular flexibility index (Phi) is 8.77. The summed E-state index contributed by atoms with van der Waals surface area (Å²) in [7, 11) is 1.60. The number of nitrogens with zero attached hydrogens (tertiary/aromatic N) is 2. The van der Waals surface area contributed by atoms with Gasteiger partial charge >= 0.3 is 0 Å². The molecule has 138 valence electrons. The van der Waals surface area contributed by atoms with E-state index < -0.39 is 0 Å². The average molecular weight is 405 g/mol. The molecule has 2 rings (SSSR count). The zero-order valence-electron chi connectivity index (χ0n) is 14.9. The summed E-state index contributed by atoms with van der Waals surface area (Å²) in [6.45, 7) is 6.33. The number of rotatable bonds is 7. The summed E-state index contributed by atoms with van der Waals surface area (Å²) in [5.74, 6) is 1.15. The molecule has 1 aromatic carbocycles. The van der Waals surface area contributed by atoms with Crippen molar-refractivity contribution in [3.63, 3.8) is 0 Å². The number of nitrogens with one attached hydrogen (secondary N) is 1. The normalized spacial score (nSPS) is 10.5. The topological polar surface area (TPSA) is 47.0 Å². The summed E-state index contributed by atoms with van der Waals surface area (Å²) in [6, 6.07) is 5.71. The van der Waals surface area contributed by atoms with Crippen molar-refractivity contribution in [1.82, 2.24) is 9.97 Å². The molecule has 0 bridgehead atoms. The molecule has 7 heteroatoms. The van der Waals surface area contributed by atoms with E-state index in [4.69, 9.17) is 32.9 Å². The number of hydrogen-bond acceptors (Lipinski definition) is 4. The van der Waals surface area contributed by atoms with E-state index in [1.165, 1.54) is 0 Å². The second-order valence-corrected chi connectivity index (χ2v) is 6.36. The van der Waals surface area contributed by atoms with Crippen LogP contribution < -0.4 is 10.1 Å². The van der Waals surface area contributed by atoms with Crippen molar-refractivity contribution < 1.29 is 4.74 Å². The first kappa shape index (κ1) is 21.8. The van der Waals surface area contributed by atoms with E-state index in [0.717, 1.165) is 36.2 Å². The number of hydrogen-bond donors (Lipinski definition) is 1. The predicted molar refractivity (Wildman–Crippen MR) is 109 cm³/mol. The van der Waals surface area contributed by atoms with Crippen molar-refractivity contribution in [1.29, 1.82) is 0 Å². The van der Waals surface area contributed by atoms with Crippen LogP contribution in [0.15, 0.2) is 18.2 Å². The smallest absolute Gasteiger partial charge is 0.257 e. The van der Waals surface area contributed by atoms with Gasteiger partial charge in [-0.1, -0.05) is 44.0 Å². The molecular formula is C18H24Cl3N3O. The van der Waals surface area contributed by atoms with Gasteiger partial charge in [0.25, 0.3) is 5.88 Å². The fourth-order valence-electron chi connectivity index (χ4n) is 2.52. The summed E-state index contributed by atoms with van der Waals surface area (Å²) >= 11 is 12.3. The third kappa shape index (κ3) is 5.13. The quantitative estimate of drug-likeness (QED) is 0.610. The van der Waals surface area contributed by atoms with Crippen LogP contribution in [0.4, 0.5) is 5.82 Å². The van der Waals surface area contributed by atoms with Crippen LogP contribution >= 0.6 is 35.6 Å². The Hall–Kier alpha value is -1.23. The van der Waals surface area contributed by atoms with E-state index in [0.29, 0.717) is 27.8 Å². The zero-order chi connectivity index (χ0) is 17.7. The van der Waals surface area contributed by atoms with Crippen LogP contribution in [0, 0.1) is 0 Å². The van der Waals surface area contributed by atoms with Gasteiger partial charge in [0.05, 0.1) is 23.5 Å². The standard InChI is InChI=1S/C18H23Cl2N3O.ClH/c1-5-12(6-2)21-17-18(24-4)23-16(15(7-3)22-17)13-9-8-11(19)10-14(13)20;/h8-10,12H,5-7H2,1-4H3,(H,21,22);1H. The molecule has 0 fully saturated rings. The highest BCUT2D eigenvalue weighted by Crippen LogP contribution is 2.34. The number of aromatic nitrogens is 2. The van der Waals surface area contributed by atoms with Gasteiger partial charge in [-0.05, 0) is 37.5 Å². The molecule has 25 heavy (non-hydrogen) atoms. The van der Waals surface area contributed by atoms with Gasteiger partial charge in [-0.15, -0.1) is 12.4 Å². The van der Waals surface area contributed by atoms with Gasteiger partial charge in [-0.25, -0.2) is 9.97 Å². The van der Waals surface area contributed by atoms with Crippen molar-refractivity contribution in [2.45, 2.75) is 46.1 Å². The van der Waals surface area contributed by atoms with Crippen LogP contribution in [-0.2, 0) is 6.42 Å². The summed E-state index contributed by atoms with van der Waals surface area (Å²) < 4.78 is 5.46. The number of ether oxygens (including phenoxy) is 1. The maximum atomic E-state index is 6.35. The Morgan fingerprint density at radius 3 is 2.32 bits per heavy atom. The fraction of sp³-hybridized carbons (Fsp3) is 0.444. The predicted octanol–water partition coefficient (Wildman–Crippen LogP) is 6.04. The van der Waals surface area contributed by atoms with Gasteiger partial charge in [-0.3, -0.25) is 0 Å². The molecule has 0 atom stereocenters. The molecule has 0 saturated carbocycles. The first-order valence-corrected chi connectivity index (χ1v) is 8.96. The number of methoxy groups -OCH3 is 1. The van der Waals surface area contributed by atoms with Crippen LogP contribution in [-0.4, -0.2) is 23.1 Å². The molecule has 4 nitrogen and oxygen atoms in total. The van der Waals surface area contributed by atoms with Crippen molar-refractivity contribution in [2.75, 3.05) is 12.4 Å². The minimum Gasteiger partial charge on any atom is -0.478 e. The lowest BCUT2D eigenvalue weighted by Crippen LogP contribution is -2.19. The van der Waals surface area contributed by atoms with Gasteiger partial charge in [0, 0.05) is 16.6 Å². The summed E-state index contributed by atoms with van der Waals surface area (Å²) in [6.07, 6.45) is 2.75. The molecule has 1 aromatic heterocycles. The van der Waals surface area contributed by atoms with Crippen LogP contribution in [0.5, 0.6) is 5.88 Å². The Morgan fingerprint density at radius 1 is 1.12 bits per heavy atom. The van der Waals surface area contributed by atoms with E-state index in [1.54, 1.807) is 19.2 Å². The SMILES string of the molecule is CCc1nc(NC(CC)CC)c(OC)nc1-c1ccc(Cl)cc1Cl.Cl. The zero-order valence-corrected chi connectivity index (χ0v) is 17.2. The second kappa shape index (κ2) is 10.0. The first-order valence-electron chi connectivity index (χ1n) is 8.20. The van der Waals surface area contributed by atoms with Gasteiger partial charge < -0.3 is 10.1 Å². The number of anilines is 1. The number of aryl methyl sites for hydroxylation is 1. The van der Waals surface area contributed by atoms with Gasteiger partial charge in [0.1, 0.15) is 0 Å². The van der Waals surface area contributed by atoms with Gasteiger partial charge in [0.15, 0.2) is 5.82 Å². The minimum atomic E-state index is 0. The highest BCUT2D eigenvalue weighted by atomic mass is 35.5. The third-order valence-corrected chi connectivity index (χ3v) is 4.52. The Labute approximate surface area is 165 Å². The largest absolute Gasteiger partial charge is 0.478 e. The highest BCUT2D eigenvalue weighted by Gasteiger charge is 2.18. The molecule has 0 amide bonds. The molecule has 0 spiro atoms. The molecule has 0 aliphatic rings. The average Bonchev–Trinajstić information content (AvgIpc) is 2.59. The third-order valence-electron chi connectivity index (χ3n) is 3.98. The molecule has 0 saturated heterocycles. The van der Waals surface area contributed by atoms with Crippen LogP contribution in [0.1, 0.15) is 39.3 Å². The van der Waals surface area contributed by atoms with E-state index in [1.807, 2.05) is 13.0 Å². The highest BCUT2D eigenvalue weighted by molar-refractivity contribution is 6.36. The summed E-state index contributed by atoms with van der Waals surface area (Å²) in [4.78, 5) is 9.42. The lowest BCUT2D eigenvalue weighted by Gasteiger charge is -2.19. The molecule has 0 aliphatic carbocycles. The maximum absolute atomic E-state index is 6.35. The van der Waals surface area contributed by atoms with E-state index in [-0.39, 0.29) is 12.4 Å². The molecule has 1 N–H and O–H groups in total. The summed E-state index contributed by atoms with van der Waals surface area (Å²) in [5, 5.41) is 4.56. The van der Waals surface area contributed by atoms with Crippen molar-refractivity contribution in [3.8, 4) is 17.1 Å². The number of benzene rings is 1. The molecule has 0 unspecified atom stereocenters. The lowest BCUT2D eigenvalue weighted by atomic mass is 10.1. The Bertz CT molecular complexity index is 706. The molecular weight excluding hydrogens is 381 g/mol. The second-order valence-electron chi connectivity index (χ2n) is 5.51. The van der Waals surface area contributed by atoms with Crippen LogP contribution in [0.2, 0.25) is 10.0 Å². The minimum absolute atomic E-state index is 0. The maximum Gasteiger partial charge on any atom is 0.257 e. The van der Waals surface area contributed by atoms with Crippen molar-refractivity contribution in [2.24, 2.45) is 0 Å². The van der Waals surface area contributed by atoms with E-state index in [2.05, 4.69) is 24.1 Å². The summed E-state index contributed by atoms with van der Waals surface area (Å²) in [5.41, 5.74) is 2.40. The fourth-order valence-corrected chi connectivity index (χ4v) is 3.02. The monoisotopic (exact) mass is 403 g/mol. The van der Waals surface area contributed by atoms with Crippen molar-refractivity contribution >= 4 is 41.4 Å².